The van der Waals surface area contributed by atoms with Gasteiger partial charge in [0.2, 0.25) is 23.2 Å². The second kappa shape index (κ2) is 29.8. The number of nitrogens with one attached hydrogen (secondary N) is 3. The molecule has 2 heterocycles. The van der Waals surface area contributed by atoms with Crippen LogP contribution >= 0.6 is 0 Å². The summed E-state index contributed by atoms with van der Waals surface area (Å²) in [6.07, 6.45) is 0. The smallest absolute Gasteiger partial charge is 0.544 e. The van der Waals surface area contributed by atoms with Crippen molar-refractivity contribution in [1.82, 2.24) is 35.6 Å². The van der Waals surface area contributed by atoms with Gasteiger partial charge in [0.1, 0.15) is 39.0 Å². The quantitative estimate of drug-likeness (QED) is 0.0606. The van der Waals surface area contributed by atoms with Crippen LogP contribution in [0.3, 0.4) is 0 Å². The van der Waals surface area contributed by atoms with Crippen molar-refractivity contribution < 1.29 is 110 Å². The summed E-state index contributed by atoms with van der Waals surface area (Å²) in [5.74, 6) is -2.46. The van der Waals surface area contributed by atoms with Crippen LogP contribution < -0.4 is 26.1 Å². The molecule has 3 amide bonds. The normalized spacial score (nSPS) is 15.4. The van der Waals surface area contributed by atoms with Crippen LogP contribution in [0.15, 0.2) is 74.8 Å². The molecule has 1 aliphatic rings. The molecule has 1 fully saturated rings. The first-order valence-corrected chi connectivity index (χ1v) is 25.1. The first-order valence-electron chi connectivity index (χ1n) is 23.7. The van der Waals surface area contributed by atoms with Gasteiger partial charge in [-0.05, 0) is 94.4 Å². The van der Waals surface area contributed by atoms with Crippen LogP contribution in [0, 0.1) is 49.4 Å². The van der Waals surface area contributed by atoms with Gasteiger partial charge in [-0.3, -0.25) is 33.9 Å². The van der Waals surface area contributed by atoms with Gasteiger partial charge in [0.15, 0.2) is 0 Å². The Morgan fingerprint density at radius 1 is 0.671 bits per heavy atom. The fourth-order valence-electron chi connectivity index (χ4n) is 7.75. The van der Waals surface area contributed by atoms with Gasteiger partial charge in [0, 0.05) is 63.8 Å². The molecule has 0 unspecified atom stereocenters. The summed E-state index contributed by atoms with van der Waals surface area (Å²) in [5.41, 5.74) is 1.09. The summed E-state index contributed by atoms with van der Waals surface area (Å²) < 4.78 is 56.5. The predicted octanol–water partition coefficient (Wildman–Crippen LogP) is 1.48. The third-order valence-corrected chi connectivity index (χ3v) is 13.1. The van der Waals surface area contributed by atoms with Gasteiger partial charge in [0.25, 0.3) is 0 Å². The molecular formula is C49H65EuN8O14S+2. The molecule has 0 spiro atoms. The SMILES string of the molecule is CCOC(=O)[C@H](C)NC(=O)CN1CCN(CC[N-]S(=O)(=O)c2ccc(OC)cc2)CCN(CC(=O)N[C@@H](C)C(=O)OCC)CCN(CC(=O)NCc2ccc3c(=O)c4cc(C(=O)OC)ccc4oc3c2)CC1.[Eu+3]. The number of ether oxygens (including phenoxy) is 4. The number of rotatable bonds is 21. The van der Waals surface area contributed by atoms with Gasteiger partial charge in [-0.15, -0.1) is 6.54 Å². The number of benzene rings is 3. The molecule has 3 aromatic carbocycles. The van der Waals surface area contributed by atoms with Crippen molar-refractivity contribution in [3.63, 3.8) is 0 Å². The fourth-order valence-corrected chi connectivity index (χ4v) is 8.70. The number of nitrogens with zero attached hydrogens (tertiary/aromatic N) is 5. The molecule has 24 heteroatoms. The third-order valence-electron chi connectivity index (χ3n) is 11.7. The Morgan fingerprint density at radius 2 is 1.19 bits per heavy atom. The Labute approximate surface area is 465 Å². The topological polar surface area (TPSA) is 267 Å². The summed E-state index contributed by atoms with van der Waals surface area (Å²) in [7, 11) is -1.28. The summed E-state index contributed by atoms with van der Waals surface area (Å²) in [6, 6.07) is 13.5. The van der Waals surface area contributed by atoms with Gasteiger partial charge >= 0.3 is 67.3 Å². The van der Waals surface area contributed by atoms with E-state index in [0.717, 1.165) is 0 Å². The van der Waals surface area contributed by atoms with Crippen molar-refractivity contribution in [2.75, 3.05) is 113 Å². The molecular weight excluding hydrogens is 1110 g/mol. The van der Waals surface area contributed by atoms with Crippen LogP contribution in [0.2, 0.25) is 0 Å². The van der Waals surface area contributed by atoms with Crippen LogP contribution in [0.25, 0.3) is 26.7 Å². The molecule has 0 aliphatic carbocycles. The number of methoxy groups -OCH3 is 2. The zero-order valence-electron chi connectivity index (χ0n) is 42.0. The average Bonchev–Trinajstić information content (AvgIpc) is 3.35. The summed E-state index contributed by atoms with van der Waals surface area (Å²) in [6.45, 7) is 9.04. The second-order valence-electron chi connectivity index (χ2n) is 17.0. The van der Waals surface area contributed by atoms with Crippen molar-refractivity contribution in [3.8, 4) is 5.75 Å². The average molecular weight is 1170 g/mol. The van der Waals surface area contributed by atoms with Gasteiger partial charge < -0.3 is 48.9 Å². The van der Waals surface area contributed by atoms with E-state index in [-0.39, 0.29) is 166 Å². The number of carbonyl (C=O) groups excluding carboxylic acids is 6. The maximum Gasteiger partial charge on any atom is 3.00 e. The minimum Gasteiger partial charge on any atom is -0.544 e. The molecule has 2 atom stereocenters. The van der Waals surface area contributed by atoms with E-state index in [4.69, 9.17) is 23.4 Å². The Bertz CT molecular complexity index is 2650. The molecule has 1 aliphatic heterocycles. The van der Waals surface area contributed by atoms with Crippen molar-refractivity contribution in [2.45, 2.75) is 51.2 Å². The molecule has 0 saturated carbocycles. The molecule has 1 saturated heterocycles. The van der Waals surface area contributed by atoms with E-state index in [2.05, 4.69) is 20.7 Å². The Balaban J connectivity index is 0.0000116. The van der Waals surface area contributed by atoms with Gasteiger partial charge in [-0.1, -0.05) is 6.07 Å². The zero-order valence-corrected chi connectivity index (χ0v) is 45.2. The fraction of sp³-hybridized carbons (Fsp3) is 0.490. The Kier molecular flexibility index (Phi) is 24.8. The zero-order chi connectivity index (χ0) is 52.4. The van der Waals surface area contributed by atoms with Crippen LogP contribution in [-0.4, -0.2) is 188 Å². The maximum absolute atomic E-state index is 13.7. The number of esters is 3. The molecule has 73 heavy (non-hydrogen) atoms. The number of fused-ring (bicyclic) bond motifs is 2. The predicted molar refractivity (Wildman–Crippen MR) is 266 cm³/mol. The Hall–Kier alpha value is -4.92. The summed E-state index contributed by atoms with van der Waals surface area (Å²) in [5, 5.41) is 8.83. The van der Waals surface area contributed by atoms with E-state index in [0.29, 0.717) is 43.1 Å². The number of hydrogen-bond donors (Lipinski definition) is 3. The number of carbonyl (C=O) groups is 6. The molecule has 3 N–H and O–H groups in total. The Morgan fingerprint density at radius 3 is 1.70 bits per heavy atom. The monoisotopic (exact) mass is 1170 g/mol. The molecule has 4 aromatic rings. The number of sulfonamides is 1. The minimum absolute atomic E-state index is 0. The molecule has 5 rings (SSSR count). The van der Waals surface area contributed by atoms with Gasteiger partial charge in [0.05, 0.1) is 63.4 Å². The van der Waals surface area contributed by atoms with Crippen molar-refractivity contribution in [1.29, 1.82) is 0 Å². The molecule has 1 aromatic heterocycles. The molecule has 0 radical (unpaired) electrons. The van der Waals surface area contributed by atoms with Gasteiger partial charge in [-0.2, -0.15) is 0 Å². The first kappa shape index (κ1) is 60.6. The van der Waals surface area contributed by atoms with Crippen LogP contribution in [0.1, 0.15) is 43.6 Å². The standard InChI is InChI=1S/C49H65N8O14S.Eu/c1-7-69-47(62)33(3)52-44(59)31-56-21-19-54(18-17-51-72(65,66)38-13-11-37(67-5)12-14-38)20-22-57(32-45(60)53-34(4)48(63)70-8-2)26-24-55(23-25-56)30-43(58)50-29-35-9-15-39-42(27-35)71-41-16-10-36(49(64)68-6)28-40(41)46(39)61;/h9-16,27-28,33-34H,7-8,17-26,29-32H2,1-6H3,(H,50,58)(H,52,59)(H,53,60);/q-1;+3/t33-,34-;/m0./s1. The molecule has 396 valence electrons. The van der Waals surface area contributed by atoms with E-state index >= 15 is 0 Å². The van der Waals surface area contributed by atoms with E-state index in [1.165, 1.54) is 70.5 Å². The molecule has 22 nitrogen and oxygen atoms in total. The van der Waals surface area contributed by atoms with Crippen LogP contribution in [0.5, 0.6) is 5.75 Å². The second-order valence-corrected chi connectivity index (χ2v) is 18.7. The van der Waals surface area contributed by atoms with Crippen LogP contribution in [0.4, 0.5) is 0 Å². The van der Waals surface area contributed by atoms with E-state index in [1.807, 2.05) is 19.6 Å². The third kappa shape index (κ3) is 18.8. The van der Waals surface area contributed by atoms with Crippen molar-refractivity contribution in [2.24, 2.45) is 0 Å². The minimum atomic E-state index is -4.01. The number of amides is 3. The van der Waals surface area contributed by atoms with Crippen molar-refractivity contribution >= 4 is 67.6 Å². The summed E-state index contributed by atoms with van der Waals surface area (Å²) >= 11 is 0. The van der Waals surface area contributed by atoms with E-state index in [1.54, 1.807) is 32.0 Å². The van der Waals surface area contributed by atoms with E-state index < -0.39 is 51.8 Å². The van der Waals surface area contributed by atoms with E-state index in [9.17, 15) is 42.0 Å². The maximum atomic E-state index is 13.7. The van der Waals surface area contributed by atoms with Gasteiger partial charge in [-0.25, -0.2) is 22.8 Å². The first-order chi connectivity index (χ1) is 34.4. The van der Waals surface area contributed by atoms with Crippen LogP contribution in [-0.2, 0) is 54.8 Å². The molecule has 0 bridgehead atoms. The summed E-state index contributed by atoms with van der Waals surface area (Å²) in [4.78, 5) is 98.4. The largest absolute Gasteiger partial charge is 3.00 e. The number of hydrogen-bond acceptors (Lipinski definition) is 18. The van der Waals surface area contributed by atoms with Crippen molar-refractivity contribution in [3.05, 3.63) is 86.7 Å².